The highest BCUT2D eigenvalue weighted by atomic mass is 14.7. The number of nitrogens with one attached hydrogen (secondary N) is 1. The van der Waals surface area contributed by atoms with Crippen molar-refractivity contribution in [2.75, 3.05) is 0 Å². The highest BCUT2D eigenvalue weighted by Crippen LogP contribution is 2.16. The van der Waals surface area contributed by atoms with Gasteiger partial charge in [-0.1, -0.05) is 40.0 Å². The van der Waals surface area contributed by atoms with Crippen molar-refractivity contribution in [1.29, 1.82) is 0 Å². The van der Waals surface area contributed by atoms with Gasteiger partial charge in [-0.15, -0.1) is 0 Å². The predicted molar refractivity (Wildman–Crippen MR) is 62.8 cm³/mol. The maximum absolute atomic E-state index is 3.57. The van der Waals surface area contributed by atoms with E-state index in [4.69, 9.17) is 0 Å². The van der Waals surface area contributed by atoms with Gasteiger partial charge in [-0.25, -0.2) is 0 Å². The minimum absolute atomic E-state index is 1.19. The molecule has 1 aromatic heterocycles. The molecule has 0 saturated carbocycles. The second kappa shape index (κ2) is 5.90. The molecule has 0 radical (unpaired) electrons. The van der Waals surface area contributed by atoms with Crippen molar-refractivity contribution in [3.8, 4) is 0 Å². The molecule has 0 atom stereocenters. The van der Waals surface area contributed by atoms with E-state index in [2.05, 4.69) is 31.8 Å². The Labute approximate surface area is 87.9 Å². The van der Waals surface area contributed by atoms with Crippen LogP contribution in [0.4, 0.5) is 0 Å². The zero-order valence-electron chi connectivity index (χ0n) is 9.82. The summed E-state index contributed by atoms with van der Waals surface area (Å²) in [5, 5.41) is 0. The van der Waals surface area contributed by atoms with Gasteiger partial charge < -0.3 is 4.98 Å². The van der Waals surface area contributed by atoms with Crippen LogP contribution in [-0.4, -0.2) is 4.98 Å². The van der Waals surface area contributed by atoms with Crippen molar-refractivity contribution in [1.82, 2.24) is 4.98 Å². The van der Waals surface area contributed by atoms with Gasteiger partial charge in [-0.2, -0.15) is 0 Å². The lowest BCUT2D eigenvalue weighted by atomic mass is 10.1. The maximum Gasteiger partial charge on any atom is 0.0181 e. The van der Waals surface area contributed by atoms with Crippen LogP contribution in [0.1, 0.15) is 57.0 Å². The number of aryl methyl sites for hydroxylation is 3. The van der Waals surface area contributed by atoms with Crippen molar-refractivity contribution in [2.45, 2.75) is 59.3 Å². The number of hydrogen-bond acceptors (Lipinski definition) is 0. The van der Waals surface area contributed by atoms with Crippen LogP contribution in [0, 0.1) is 0 Å². The highest BCUT2D eigenvalue weighted by molar-refractivity contribution is 5.26. The Kier molecular flexibility index (Phi) is 4.78. The Balaban J connectivity index is 2.76. The summed E-state index contributed by atoms with van der Waals surface area (Å²) in [5.41, 5.74) is 4.47. The summed E-state index contributed by atoms with van der Waals surface area (Å²) in [5.74, 6) is 0. The van der Waals surface area contributed by atoms with Crippen LogP contribution in [0.15, 0.2) is 6.07 Å². The van der Waals surface area contributed by atoms with Crippen LogP contribution in [0.2, 0.25) is 0 Å². The molecule has 1 heterocycles. The Hall–Kier alpha value is -0.720. The lowest BCUT2D eigenvalue weighted by Crippen LogP contribution is -1.90. The largest absolute Gasteiger partial charge is 0.362 e. The quantitative estimate of drug-likeness (QED) is 0.706. The van der Waals surface area contributed by atoms with E-state index >= 15 is 0 Å². The second-order valence-corrected chi connectivity index (χ2v) is 4.05. The summed E-state index contributed by atoms with van der Waals surface area (Å²) in [7, 11) is 0. The van der Waals surface area contributed by atoms with Crippen LogP contribution < -0.4 is 0 Å². The third-order valence-electron chi connectivity index (χ3n) is 2.59. The third kappa shape index (κ3) is 2.90. The van der Waals surface area contributed by atoms with E-state index in [0.717, 1.165) is 0 Å². The molecule has 80 valence electrons. The van der Waals surface area contributed by atoms with Crippen LogP contribution >= 0.6 is 0 Å². The monoisotopic (exact) mass is 193 g/mol. The summed E-state index contributed by atoms with van der Waals surface area (Å²) in [6.45, 7) is 6.73. The van der Waals surface area contributed by atoms with E-state index in [-0.39, 0.29) is 0 Å². The fraction of sp³-hybridized carbons (Fsp3) is 0.692. The van der Waals surface area contributed by atoms with Crippen molar-refractivity contribution in [3.63, 3.8) is 0 Å². The van der Waals surface area contributed by atoms with Crippen LogP contribution in [0.5, 0.6) is 0 Å². The summed E-state index contributed by atoms with van der Waals surface area (Å²) in [6, 6.07) is 2.37. The van der Waals surface area contributed by atoms with E-state index in [1.54, 1.807) is 5.56 Å². The van der Waals surface area contributed by atoms with Crippen molar-refractivity contribution >= 4 is 0 Å². The van der Waals surface area contributed by atoms with E-state index in [0.29, 0.717) is 0 Å². The molecule has 14 heavy (non-hydrogen) atoms. The first-order valence-electron chi connectivity index (χ1n) is 6.01. The number of hydrogen-bond donors (Lipinski definition) is 1. The first-order valence-corrected chi connectivity index (χ1v) is 6.01. The molecular formula is C13H23N. The maximum atomic E-state index is 3.57. The minimum atomic E-state index is 1.19. The Morgan fingerprint density at radius 3 is 2.14 bits per heavy atom. The average molecular weight is 193 g/mol. The van der Waals surface area contributed by atoms with Crippen LogP contribution in [-0.2, 0) is 19.3 Å². The molecule has 0 aliphatic carbocycles. The molecular weight excluding hydrogens is 170 g/mol. The topological polar surface area (TPSA) is 15.8 Å². The lowest BCUT2D eigenvalue weighted by molar-refractivity contribution is 0.833. The van der Waals surface area contributed by atoms with Gasteiger partial charge in [0.05, 0.1) is 0 Å². The van der Waals surface area contributed by atoms with Crippen molar-refractivity contribution in [3.05, 3.63) is 23.0 Å². The fourth-order valence-electron chi connectivity index (χ4n) is 1.98. The van der Waals surface area contributed by atoms with Gasteiger partial charge in [0, 0.05) is 11.4 Å². The molecule has 1 aromatic rings. The summed E-state index contributed by atoms with van der Waals surface area (Å²) < 4.78 is 0. The molecule has 0 aliphatic heterocycles. The second-order valence-electron chi connectivity index (χ2n) is 4.05. The number of aromatic nitrogens is 1. The molecule has 1 nitrogen and oxygen atoms in total. The van der Waals surface area contributed by atoms with E-state index in [1.807, 2.05) is 0 Å². The molecule has 0 amide bonds. The van der Waals surface area contributed by atoms with E-state index in [9.17, 15) is 0 Å². The first-order chi connectivity index (χ1) is 6.81. The SMILES string of the molecule is CCCc1cc(CCC)c(CCC)[nH]1. The molecule has 1 rings (SSSR count). The number of rotatable bonds is 6. The Morgan fingerprint density at radius 1 is 0.929 bits per heavy atom. The van der Waals surface area contributed by atoms with Gasteiger partial charge in [-0.05, 0) is 30.9 Å². The van der Waals surface area contributed by atoms with Gasteiger partial charge in [0.15, 0.2) is 0 Å². The third-order valence-corrected chi connectivity index (χ3v) is 2.59. The number of aromatic amines is 1. The van der Waals surface area contributed by atoms with Gasteiger partial charge in [-0.3, -0.25) is 0 Å². The predicted octanol–water partition coefficient (Wildman–Crippen LogP) is 3.87. The van der Waals surface area contributed by atoms with Crippen LogP contribution in [0.25, 0.3) is 0 Å². The van der Waals surface area contributed by atoms with Gasteiger partial charge in [0.1, 0.15) is 0 Å². The summed E-state index contributed by atoms with van der Waals surface area (Å²) in [4.78, 5) is 3.57. The minimum Gasteiger partial charge on any atom is -0.362 e. The molecule has 1 heteroatoms. The molecule has 0 fully saturated rings. The highest BCUT2D eigenvalue weighted by Gasteiger charge is 2.05. The standard InChI is InChI=1S/C13H23N/c1-4-7-11-10-12(8-5-2)14-13(11)9-6-3/h10,14H,4-9H2,1-3H3. The molecule has 1 N–H and O–H groups in total. The Bertz CT molecular complexity index is 237. The van der Waals surface area contributed by atoms with Gasteiger partial charge in [0.2, 0.25) is 0 Å². The first kappa shape index (κ1) is 11.4. The molecule has 0 spiro atoms. The van der Waals surface area contributed by atoms with Gasteiger partial charge >= 0.3 is 0 Å². The van der Waals surface area contributed by atoms with Gasteiger partial charge in [0.25, 0.3) is 0 Å². The summed E-state index contributed by atoms with van der Waals surface area (Å²) in [6.07, 6.45) is 7.36. The van der Waals surface area contributed by atoms with E-state index in [1.165, 1.54) is 49.9 Å². The average Bonchev–Trinajstić information content (AvgIpc) is 2.50. The van der Waals surface area contributed by atoms with Crippen molar-refractivity contribution < 1.29 is 0 Å². The zero-order chi connectivity index (χ0) is 10.4. The smallest absolute Gasteiger partial charge is 0.0181 e. The lowest BCUT2D eigenvalue weighted by Gasteiger charge is -1.99. The summed E-state index contributed by atoms with van der Waals surface area (Å²) >= 11 is 0. The fourth-order valence-corrected chi connectivity index (χ4v) is 1.98. The Morgan fingerprint density at radius 2 is 1.57 bits per heavy atom. The zero-order valence-corrected chi connectivity index (χ0v) is 9.82. The molecule has 0 unspecified atom stereocenters. The molecule has 0 saturated heterocycles. The molecule has 0 aromatic carbocycles. The van der Waals surface area contributed by atoms with E-state index < -0.39 is 0 Å². The normalized spacial score (nSPS) is 10.8. The van der Waals surface area contributed by atoms with Crippen molar-refractivity contribution in [2.24, 2.45) is 0 Å². The number of H-pyrrole nitrogens is 1. The molecule has 0 bridgehead atoms. The molecule has 0 aliphatic rings. The van der Waals surface area contributed by atoms with Crippen LogP contribution in [0.3, 0.4) is 0 Å².